The van der Waals surface area contributed by atoms with E-state index in [1.807, 2.05) is 72.8 Å². The molecule has 7 rings (SSSR count). The van der Waals surface area contributed by atoms with Gasteiger partial charge < -0.3 is 19.7 Å². The van der Waals surface area contributed by atoms with Crippen LogP contribution in [0.3, 0.4) is 0 Å². The van der Waals surface area contributed by atoms with Gasteiger partial charge in [0.05, 0.1) is 29.4 Å². The van der Waals surface area contributed by atoms with E-state index >= 15 is 0 Å². The molecule has 0 saturated carbocycles. The number of aromatic hydroxyl groups is 1. The highest BCUT2D eigenvalue weighted by Gasteiger charge is 2.33. The third-order valence-corrected chi connectivity index (χ3v) is 11.0. The zero-order valence-corrected chi connectivity index (χ0v) is 29.0. The van der Waals surface area contributed by atoms with E-state index in [2.05, 4.69) is 20.2 Å². The largest absolute Gasteiger partial charge is 0.508 e. The number of phenolic OH excluding ortho intramolecular Hbond substituents is 1. The molecule has 3 atom stereocenters. The number of rotatable bonds is 12. The van der Waals surface area contributed by atoms with E-state index in [-0.39, 0.29) is 36.0 Å². The van der Waals surface area contributed by atoms with Crippen LogP contribution in [0.15, 0.2) is 137 Å². The van der Waals surface area contributed by atoms with Gasteiger partial charge in [-0.25, -0.2) is 13.1 Å². The molecule has 13 heteroatoms. The van der Waals surface area contributed by atoms with Crippen LogP contribution < -0.4 is 4.72 Å². The van der Waals surface area contributed by atoms with Crippen LogP contribution in [-0.4, -0.2) is 50.7 Å². The fraction of sp³-hybridized carbons (Fsp3) is 0.184. The SMILES string of the molecule is O=S(=O)(NCc1ccccc1-c1ccc([C@@H]2O[C@H](CSc3nnnn3-c3ccc(O)cc3)C[C@H](c3ccc(CO)cc3)O2)cc1)c1ccccc1. The van der Waals surface area contributed by atoms with E-state index in [1.54, 1.807) is 59.3 Å². The molecule has 5 aromatic carbocycles. The number of thioether (sulfide) groups is 1. The van der Waals surface area contributed by atoms with E-state index in [0.717, 1.165) is 39.1 Å². The van der Waals surface area contributed by atoms with Crippen LogP contribution in [0.2, 0.25) is 0 Å². The molecule has 260 valence electrons. The Bertz CT molecular complexity index is 2160. The van der Waals surface area contributed by atoms with Gasteiger partial charge in [-0.3, -0.25) is 0 Å². The first-order chi connectivity index (χ1) is 24.9. The maximum atomic E-state index is 12.9. The van der Waals surface area contributed by atoms with Gasteiger partial charge in [0.1, 0.15) is 5.75 Å². The molecule has 0 spiro atoms. The highest BCUT2D eigenvalue weighted by molar-refractivity contribution is 7.99. The van der Waals surface area contributed by atoms with Crippen LogP contribution in [0, 0.1) is 0 Å². The van der Waals surface area contributed by atoms with Crippen molar-refractivity contribution < 1.29 is 28.1 Å². The van der Waals surface area contributed by atoms with Crippen LogP contribution >= 0.6 is 11.8 Å². The molecular weight excluding hydrogens is 687 g/mol. The van der Waals surface area contributed by atoms with Gasteiger partial charge in [0.25, 0.3) is 0 Å². The van der Waals surface area contributed by atoms with Crippen LogP contribution in [0.4, 0.5) is 0 Å². The molecule has 2 heterocycles. The minimum Gasteiger partial charge on any atom is -0.508 e. The summed E-state index contributed by atoms with van der Waals surface area (Å²) in [6.07, 6.45) is -0.568. The second kappa shape index (κ2) is 15.6. The minimum absolute atomic E-state index is 0.0407. The molecule has 3 N–H and O–H groups in total. The molecule has 0 amide bonds. The number of hydrogen-bond acceptors (Lipinski definition) is 10. The van der Waals surface area contributed by atoms with Gasteiger partial charge in [-0.05, 0) is 74.6 Å². The Morgan fingerprint density at radius 3 is 2.27 bits per heavy atom. The maximum Gasteiger partial charge on any atom is 0.240 e. The summed E-state index contributed by atoms with van der Waals surface area (Å²) in [6.45, 7) is 0.0943. The highest BCUT2D eigenvalue weighted by Crippen LogP contribution is 2.40. The number of phenols is 1. The smallest absolute Gasteiger partial charge is 0.240 e. The third kappa shape index (κ3) is 8.20. The molecule has 6 aromatic rings. The molecule has 11 nitrogen and oxygen atoms in total. The summed E-state index contributed by atoms with van der Waals surface area (Å²) in [6, 6.07) is 38.3. The summed E-state index contributed by atoms with van der Waals surface area (Å²) in [4.78, 5) is 0.217. The molecule has 0 aliphatic carbocycles. The Balaban J connectivity index is 1.09. The van der Waals surface area contributed by atoms with Crippen molar-refractivity contribution in [3.8, 4) is 22.6 Å². The van der Waals surface area contributed by atoms with Gasteiger partial charge in [0, 0.05) is 24.3 Å². The Kier molecular flexibility index (Phi) is 10.5. The molecule has 1 aliphatic rings. The maximum absolute atomic E-state index is 12.9. The molecule has 0 unspecified atom stereocenters. The van der Waals surface area contributed by atoms with Crippen LogP contribution in [0.5, 0.6) is 5.75 Å². The first kappa shape index (κ1) is 34.6. The second-order valence-corrected chi connectivity index (χ2v) is 14.7. The first-order valence-electron chi connectivity index (χ1n) is 16.3. The van der Waals surface area contributed by atoms with Crippen LogP contribution in [0.1, 0.15) is 41.1 Å². The van der Waals surface area contributed by atoms with Crippen molar-refractivity contribution in [2.24, 2.45) is 0 Å². The standard InChI is InChI=1S/C38H35N5O6S2/c44-24-26-10-12-28(13-11-26)36-22-33(25-50-38-40-41-42-43(38)31-18-20-32(45)21-19-31)48-37(49-36)29-16-14-27(15-17-29)35-9-5-4-6-30(35)23-39-51(46,47)34-7-2-1-3-8-34/h1-21,33,36-37,39,44-45H,22-25H2/t33-,36+,37+/m0/s1. The van der Waals surface area contributed by atoms with Crippen molar-refractivity contribution in [2.75, 3.05) is 5.75 Å². The lowest BCUT2D eigenvalue weighted by Gasteiger charge is -2.36. The average molecular weight is 722 g/mol. The third-order valence-electron chi connectivity index (χ3n) is 8.57. The fourth-order valence-corrected chi connectivity index (χ4v) is 7.78. The van der Waals surface area contributed by atoms with Crippen molar-refractivity contribution in [3.63, 3.8) is 0 Å². The van der Waals surface area contributed by atoms with Crippen LogP contribution in [-0.2, 0) is 32.6 Å². The Hall–Kier alpha value is -4.89. The topological polar surface area (TPSA) is 149 Å². The first-order valence-corrected chi connectivity index (χ1v) is 18.8. The molecule has 0 bridgehead atoms. The highest BCUT2D eigenvalue weighted by atomic mass is 32.2. The van der Waals surface area contributed by atoms with Crippen molar-refractivity contribution in [2.45, 2.75) is 48.1 Å². The van der Waals surface area contributed by atoms with E-state index in [1.165, 1.54) is 11.8 Å². The molecular formula is C38H35N5O6S2. The molecule has 0 radical (unpaired) electrons. The summed E-state index contributed by atoms with van der Waals surface area (Å²) in [5.41, 5.74) is 6.03. The quantitative estimate of drug-likeness (QED) is 0.122. The minimum atomic E-state index is -3.67. The van der Waals surface area contributed by atoms with Crippen molar-refractivity contribution >= 4 is 21.8 Å². The number of hydrogen-bond donors (Lipinski definition) is 3. The number of tetrazole rings is 1. The Labute approximate surface area is 299 Å². The fourth-order valence-electron chi connectivity index (χ4n) is 5.85. The summed E-state index contributed by atoms with van der Waals surface area (Å²) in [5.74, 6) is 0.706. The number of aromatic nitrogens is 4. The predicted molar refractivity (Wildman–Crippen MR) is 192 cm³/mol. The van der Waals surface area contributed by atoms with Gasteiger partial charge in [0.15, 0.2) is 6.29 Å². The van der Waals surface area contributed by atoms with Gasteiger partial charge in [-0.2, -0.15) is 4.68 Å². The lowest BCUT2D eigenvalue weighted by atomic mass is 9.98. The summed E-state index contributed by atoms with van der Waals surface area (Å²) in [7, 11) is -3.67. The second-order valence-electron chi connectivity index (χ2n) is 12.0. The molecule has 1 saturated heterocycles. The lowest BCUT2D eigenvalue weighted by molar-refractivity contribution is -0.245. The number of benzene rings is 5. The monoisotopic (exact) mass is 721 g/mol. The summed E-state index contributed by atoms with van der Waals surface area (Å²) >= 11 is 1.47. The molecule has 51 heavy (non-hydrogen) atoms. The number of sulfonamides is 1. The van der Waals surface area contributed by atoms with E-state index in [4.69, 9.17) is 9.47 Å². The zero-order valence-electron chi connectivity index (χ0n) is 27.3. The Morgan fingerprint density at radius 2 is 1.53 bits per heavy atom. The van der Waals surface area contributed by atoms with E-state index < -0.39 is 16.3 Å². The summed E-state index contributed by atoms with van der Waals surface area (Å²) in [5, 5.41) is 32.1. The van der Waals surface area contributed by atoms with Gasteiger partial charge in [-0.1, -0.05) is 103 Å². The van der Waals surface area contributed by atoms with Gasteiger partial charge in [-0.15, -0.1) is 5.10 Å². The number of aliphatic hydroxyl groups is 1. The van der Waals surface area contributed by atoms with E-state index in [0.29, 0.717) is 17.3 Å². The van der Waals surface area contributed by atoms with E-state index in [9.17, 15) is 18.6 Å². The zero-order chi connectivity index (χ0) is 35.2. The number of nitrogens with one attached hydrogen (secondary N) is 1. The number of nitrogens with zero attached hydrogens (tertiary/aromatic N) is 4. The molecule has 1 aromatic heterocycles. The molecule has 1 aliphatic heterocycles. The normalized spacial score (nSPS) is 17.7. The number of ether oxygens (including phenoxy) is 2. The van der Waals surface area contributed by atoms with Crippen molar-refractivity contribution in [1.29, 1.82) is 0 Å². The lowest BCUT2D eigenvalue weighted by Crippen LogP contribution is -2.31. The Morgan fingerprint density at radius 1 is 0.824 bits per heavy atom. The van der Waals surface area contributed by atoms with Crippen molar-refractivity contribution in [3.05, 3.63) is 150 Å². The van der Waals surface area contributed by atoms with Crippen LogP contribution in [0.25, 0.3) is 16.8 Å². The van der Waals surface area contributed by atoms with Gasteiger partial charge >= 0.3 is 0 Å². The van der Waals surface area contributed by atoms with Crippen molar-refractivity contribution in [1.82, 2.24) is 24.9 Å². The number of aliphatic hydroxyl groups excluding tert-OH is 1. The predicted octanol–water partition coefficient (Wildman–Crippen LogP) is 6.34. The summed E-state index contributed by atoms with van der Waals surface area (Å²) < 4.78 is 43.2. The molecule has 1 fully saturated rings. The average Bonchev–Trinajstić information content (AvgIpc) is 3.66. The van der Waals surface area contributed by atoms with Gasteiger partial charge in [0.2, 0.25) is 15.2 Å².